The third-order valence-electron chi connectivity index (χ3n) is 3.80. The number of rotatable bonds is 2. The van der Waals surface area contributed by atoms with Crippen LogP contribution in [0.3, 0.4) is 0 Å². The van der Waals surface area contributed by atoms with Crippen molar-refractivity contribution in [3.8, 4) is 0 Å². The number of anilines is 1. The number of aliphatic hydroxyl groups is 1. The Hall–Kier alpha value is -1.66. The van der Waals surface area contributed by atoms with Gasteiger partial charge in [-0.2, -0.15) is 0 Å². The molecule has 1 saturated heterocycles. The highest BCUT2D eigenvalue weighted by Crippen LogP contribution is 2.23. The van der Waals surface area contributed by atoms with Gasteiger partial charge in [0.15, 0.2) is 0 Å². The van der Waals surface area contributed by atoms with Crippen molar-refractivity contribution >= 4 is 29.1 Å². The van der Waals surface area contributed by atoms with E-state index >= 15 is 0 Å². The molecule has 2 atom stereocenters. The third kappa shape index (κ3) is 3.96. The standard InChI is InChI=1S/C15H18ClFN2O3/c1-9(20)10-3-2-6-19(8-10)15(22)14(21)18-13-7-11(17)4-5-12(13)16/h4-5,7,9-10,20H,2-3,6,8H2,1H3,(H,18,21). The summed E-state index contributed by atoms with van der Waals surface area (Å²) in [5.74, 6) is -2.16. The molecule has 1 aliphatic rings. The van der Waals surface area contributed by atoms with Gasteiger partial charge in [-0.05, 0) is 38.0 Å². The predicted octanol–water partition coefficient (Wildman–Crippen LogP) is 2.04. The van der Waals surface area contributed by atoms with Gasteiger partial charge < -0.3 is 15.3 Å². The van der Waals surface area contributed by atoms with Gasteiger partial charge >= 0.3 is 11.8 Å². The summed E-state index contributed by atoms with van der Waals surface area (Å²) in [4.78, 5) is 25.6. The molecule has 0 aliphatic carbocycles. The van der Waals surface area contributed by atoms with Crippen LogP contribution < -0.4 is 5.32 Å². The molecule has 2 unspecified atom stereocenters. The van der Waals surface area contributed by atoms with Crippen molar-refractivity contribution in [1.29, 1.82) is 0 Å². The highest BCUT2D eigenvalue weighted by Gasteiger charge is 2.30. The normalized spacial score (nSPS) is 19.6. The number of likely N-dealkylation sites (tertiary alicyclic amines) is 1. The summed E-state index contributed by atoms with van der Waals surface area (Å²) in [7, 11) is 0. The van der Waals surface area contributed by atoms with Crippen LogP contribution in [0.25, 0.3) is 0 Å². The molecule has 22 heavy (non-hydrogen) atoms. The monoisotopic (exact) mass is 328 g/mol. The topological polar surface area (TPSA) is 69.6 Å². The summed E-state index contributed by atoms with van der Waals surface area (Å²) in [6.45, 7) is 2.47. The molecule has 0 bridgehead atoms. The van der Waals surface area contributed by atoms with E-state index in [1.807, 2.05) is 0 Å². The predicted molar refractivity (Wildman–Crippen MR) is 81.0 cm³/mol. The van der Waals surface area contributed by atoms with Crippen LogP contribution in [-0.4, -0.2) is 41.0 Å². The van der Waals surface area contributed by atoms with E-state index in [9.17, 15) is 19.1 Å². The lowest BCUT2D eigenvalue weighted by Gasteiger charge is -2.33. The summed E-state index contributed by atoms with van der Waals surface area (Å²) < 4.78 is 13.2. The third-order valence-corrected chi connectivity index (χ3v) is 4.13. The molecule has 2 rings (SSSR count). The number of nitrogens with one attached hydrogen (secondary N) is 1. The van der Waals surface area contributed by atoms with Crippen LogP contribution in [0.2, 0.25) is 5.02 Å². The molecule has 2 N–H and O–H groups in total. The maximum absolute atomic E-state index is 13.2. The van der Waals surface area contributed by atoms with Crippen LogP contribution in [0.15, 0.2) is 18.2 Å². The molecule has 120 valence electrons. The van der Waals surface area contributed by atoms with Crippen LogP contribution in [0, 0.1) is 11.7 Å². The van der Waals surface area contributed by atoms with E-state index in [1.165, 1.54) is 11.0 Å². The smallest absolute Gasteiger partial charge is 0.313 e. The van der Waals surface area contributed by atoms with Gasteiger partial charge in [0.05, 0.1) is 16.8 Å². The first-order valence-corrected chi connectivity index (χ1v) is 7.49. The fraction of sp³-hybridized carbons (Fsp3) is 0.467. The summed E-state index contributed by atoms with van der Waals surface area (Å²) >= 11 is 5.86. The molecular formula is C15H18ClFN2O3. The first-order chi connectivity index (χ1) is 10.4. The van der Waals surface area contributed by atoms with Crippen molar-refractivity contribution in [2.75, 3.05) is 18.4 Å². The van der Waals surface area contributed by atoms with Gasteiger partial charge in [0, 0.05) is 19.0 Å². The molecule has 7 heteroatoms. The van der Waals surface area contributed by atoms with E-state index in [0.29, 0.717) is 13.1 Å². The highest BCUT2D eigenvalue weighted by molar-refractivity contribution is 6.41. The summed E-state index contributed by atoms with van der Waals surface area (Å²) in [5.41, 5.74) is 0.0594. The van der Waals surface area contributed by atoms with Crippen molar-refractivity contribution in [3.05, 3.63) is 29.0 Å². The van der Waals surface area contributed by atoms with E-state index in [1.54, 1.807) is 6.92 Å². The Morgan fingerprint density at radius 1 is 1.50 bits per heavy atom. The number of aliphatic hydroxyl groups excluding tert-OH is 1. The van der Waals surface area contributed by atoms with Crippen LogP contribution in [0.4, 0.5) is 10.1 Å². The van der Waals surface area contributed by atoms with Crippen molar-refractivity contribution in [2.45, 2.75) is 25.9 Å². The van der Waals surface area contributed by atoms with Gasteiger partial charge in [0.2, 0.25) is 0 Å². The molecule has 1 aromatic rings. The zero-order chi connectivity index (χ0) is 16.3. The Morgan fingerprint density at radius 3 is 2.91 bits per heavy atom. The van der Waals surface area contributed by atoms with Crippen molar-refractivity contribution in [1.82, 2.24) is 4.90 Å². The Balaban J connectivity index is 2.03. The first-order valence-electron chi connectivity index (χ1n) is 7.12. The number of amides is 2. The van der Waals surface area contributed by atoms with Crippen molar-refractivity contribution < 1.29 is 19.1 Å². The largest absolute Gasteiger partial charge is 0.393 e. The second kappa shape index (κ2) is 7.07. The summed E-state index contributed by atoms with van der Waals surface area (Å²) in [6, 6.07) is 3.53. The Kier molecular flexibility index (Phi) is 5.37. The molecular weight excluding hydrogens is 311 g/mol. The van der Waals surface area contributed by atoms with E-state index in [-0.39, 0.29) is 16.6 Å². The minimum absolute atomic E-state index is 0.0387. The van der Waals surface area contributed by atoms with Crippen LogP contribution >= 0.6 is 11.6 Å². The Labute approximate surface area is 133 Å². The van der Waals surface area contributed by atoms with Gasteiger partial charge in [-0.3, -0.25) is 9.59 Å². The summed E-state index contributed by atoms with van der Waals surface area (Å²) in [6.07, 6.45) is 1.02. The number of benzene rings is 1. The molecule has 0 saturated carbocycles. The SMILES string of the molecule is CC(O)C1CCCN(C(=O)C(=O)Nc2cc(F)ccc2Cl)C1. The highest BCUT2D eigenvalue weighted by atomic mass is 35.5. The number of piperidine rings is 1. The van der Waals surface area contributed by atoms with Crippen molar-refractivity contribution in [2.24, 2.45) is 5.92 Å². The van der Waals surface area contributed by atoms with E-state index in [0.717, 1.165) is 25.0 Å². The number of carbonyl (C=O) groups excluding carboxylic acids is 2. The van der Waals surface area contributed by atoms with Gasteiger partial charge in [-0.1, -0.05) is 11.6 Å². The Morgan fingerprint density at radius 2 is 2.23 bits per heavy atom. The van der Waals surface area contributed by atoms with Gasteiger partial charge in [0.25, 0.3) is 0 Å². The molecule has 0 aromatic heterocycles. The second-order valence-electron chi connectivity index (χ2n) is 5.47. The first kappa shape index (κ1) is 16.7. The second-order valence-corrected chi connectivity index (χ2v) is 5.88. The minimum Gasteiger partial charge on any atom is -0.393 e. The molecule has 1 aromatic carbocycles. The molecule has 1 heterocycles. The zero-order valence-corrected chi connectivity index (χ0v) is 12.9. The van der Waals surface area contributed by atoms with Gasteiger partial charge in [-0.25, -0.2) is 4.39 Å². The van der Waals surface area contributed by atoms with Crippen molar-refractivity contribution in [3.63, 3.8) is 0 Å². The average Bonchev–Trinajstić information content (AvgIpc) is 2.50. The van der Waals surface area contributed by atoms with E-state index < -0.39 is 23.7 Å². The number of hydrogen-bond donors (Lipinski definition) is 2. The van der Waals surface area contributed by atoms with Crippen LogP contribution in [0.5, 0.6) is 0 Å². The minimum atomic E-state index is -0.862. The average molecular weight is 329 g/mol. The molecule has 0 spiro atoms. The molecule has 1 fully saturated rings. The fourth-order valence-corrected chi connectivity index (χ4v) is 2.67. The lowest BCUT2D eigenvalue weighted by Crippen LogP contribution is -2.47. The quantitative estimate of drug-likeness (QED) is 0.816. The molecule has 1 aliphatic heterocycles. The lowest BCUT2D eigenvalue weighted by molar-refractivity contribution is -0.144. The summed E-state index contributed by atoms with van der Waals surface area (Å²) in [5, 5.41) is 12.1. The number of halogens is 2. The van der Waals surface area contributed by atoms with Crippen LogP contribution in [-0.2, 0) is 9.59 Å². The molecule has 2 amide bonds. The van der Waals surface area contributed by atoms with Gasteiger partial charge in [-0.15, -0.1) is 0 Å². The molecule has 0 radical (unpaired) electrons. The number of carbonyl (C=O) groups is 2. The lowest BCUT2D eigenvalue weighted by atomic mass is 9.93. The van der Waals surface area contributed by atoms with E-state index in [2.05, 4.69) is 5.32 Å². The van der Waals surface area contributed by atoms with Gasteiger partial charge in [0.1, 0.15) is 5.82 Å². The van der Waals surface area contributed by atoms with E-state index in [4.69, 9.17) is 11.6 Å². The number of nitrogens with zero attached hydrogens (tertiary/aromatic N) is 1. The fourth-order valence-electron chi connectivity index (χ4n) is 2.50. The zero-order valence-electron chi connectivity index (χ0n) is 12.2. The number of hydrogen-bond acceptors (Lipinski definition) is 3. The molecule has 5 nitrogen and oxygen atoms in total. The Bertz CT molecular complexity index is 580. The maximum atomic E-state index is 13.2. The maximum Gasteiger partial charge on any atom is 0.313 e. The van der Waals surface area contributed by atoms with Crippen LogP contribution in [0.1, 0.15) is 19.8 Å².